The maximum absolute atomic E-state index is 8.40. The third kappa shape index (κ3) is 2.37. The molecule has 0 heterocycles. The average Bonchev–Trinajstić information content (AvgIpc) is 2.84. The Balaban J connectivity index is 2.28. The zero-order valence-electron chi connectivity index (χ0n) is 7.62. The topological polar surface area (TPSA) is 70.6 Å². The van der Waals surface area contributed by atoms with Gasteiger partial charge in [0.2, 0.25) is 0 Å². The standard InChI is InChI=1S/C8H17N3O/c1-5(7-3-4-7)10-6(2)8(9)11-12/h5-7,10,12H,3-4H2,1-2H3,(H2,9,11). The van der Waals surface area contributed by atoms with E-state index >= 15 is 0 Å². The summed E-state index contributed by atoms with van der Waals surface area (Å²) < 4.78 is 0. The molecule has 1 saturated carbocycles. The summed E-state index contributed by atoms with van der Waals surface area (Å²) in [7, 11) is 0. The molecule has 0 bridgehead atoms. The van der Waals surface area contributed by atoms with Crippen LogP contribution < -0.4 is 11.1 Å². The Morgan fingerprint density at radius 2 is 2.17 bits per heavy atom. The van der Waals surface area contributed by atoms with E-state index in [1.54, 1.807) is 0 Å². The summed E-state index contributed by atoms with van der Waals surface area (Å²) in [5.74, 6) is 1.04. The summed E-state index contributed by atoms with van der Waals surface area (Å²) in [6.07, 6.45) is 2.61. The zero-order valence-corrected chi connectivity index (χ0v) is 7.62. The number of nitrogens with one attached hydrogen (secondary N) is 1. The van der Waals surface area contributed by atoms with E-state index in [-0.39, 0.29) is 11.9 Å². The highest BCUT2D eigenvalue weighted by molar-refractivity contribution is 5.84. The van der Waals surface area contributed by atoms with Gasteiger partial charge >= 0.3 is 0 Å². The molecule has 1 aliphatic rings. The molecule has 0 aromatic heterocycles. The van der Waals surface area contributed by atoms with Gasteiger partial charge in [-0.3, -0.25) is 0 Å². The van der Waals surface area contributed by atoms with Crippen LogP contribution in [-0.2, 0) is 0 Å². The highest BCUT2D eigenvalue weighted by atomic mass is 16.4. The minimum atomic E-state index is -0.0365. The van der Waals surface area contributed by atoms with Crippen molar-refractivity contribution >= 4 is 5.84 Å². The van der Waals surface area contributed by atoms with E-state index < -0.39 is 0 Å². The predicted molar refractivity (Wildman–Crippen MR) is 48.2 cm³/mol. The van der Waals surface area contributed by atoms with E-state index in [1.807, 2.05) is 6.92 Å². The molecule has 4 heteroatoms. The van der Waals surface area contributed by atoms with Gasteiger partial charge in [0.15, 0.2) is 5.84 Å². The number of oxime groups is 1. The number of nitrogens with zero attached hydrogens (tertiary/aromatic N) is 1. The molecule has 12 heavy (non-hydrogen) atoms. The smallest absolute Gasteiger partial charge is 0.156 e. The lowest BCUT2D eigenvalue weighted by Crippen LogP contribution is -2.44. The van der Waals surface area contributed by atoms with Crippen LogP contribution in [0.25, 0.3) is 0 Å². The molecule has 0 saturated heterocycles. The first kappa shape index (κ1) is 9.32. The summed E-state index contributed by atoms with van der Waals surface area (Å²) in [6.45, 7) is 4.03. The minimum Gasteiger partial charge on any atom is -0.409 e. The SMILES string of the molecule is CC(NC(C)C1CC1)C(N)=NO. The average molecular weight is 171 g/mol. The van der Waals surface area contributed by atoms with Crippen LogP contribution in [0.15, 0.2) is 5.16 Å². The van der Waals surface area contributed by atoms with Gasteiger partial charge in [-0.25, -0.2) is 0 Å². The molecule has 0 radical (unpaired) electrons. The number of hydrogen-bond acceptors (Lipinski definition) is 3. The molecule has 0 aliphatic heterocycles. The fourth-order valence-electron chi connectivity index (χ4n) is 1.30. The van der Waals surface area contributed by atoms with Gasteiger partial charge in [0.1, 0.15) is 0 Å². The number of hydrogen-bond donors (Lipinski definition) is 3. The molecule has 2 unspecified atom stereocenters. The summed E-state index contributed by atoms with van der Waals surface area (Å²) in [5, 5.41) is 14.6. The van der Waals surface area contributed by atoms with Crippen molar-refractivity contribution in [2.24, 2.45) is 16.8 Å². The molecular formula is C8H17N3O. The van der Waals surface area contributed by atoms with Crippen LogP contribution in [0.3, 0.4) is 0 Å². The Hall–Kier alpha value is -0.770. The van der Waals surface area contributed by atoms with Crippen molar-refractivity contribution in [1.29, 1.82) is 0 Å². The van der Waals surface area contributed by atoms with Crippen LogP contribution in [-0.4, -0.2) is 23.1 Å². The van der Waals surface area contributed by atoms with Crippen molar-refractivity contribution in [3.8, 4) is 0 Å². The molecule has 0 aromatic rings. The second-order valence-corrected chi connectivity index (χ2v) is 3.54. The molecule has 0 spiro atoms. The maximum atomic E-state index is 8.40. The third-order valence-electron chi connectivity index (χ3n) is 2.40. The summed E-state index contributed by atoms with van der Waals surface area (Å²) in [6, 6.07) is 0.436. The highest BCUT2D eigenvalue weighted by Gasteiger charge is 2.28. The Bertz CT molecular complexity index is 177. The van der Waals surface area contributed by atoms with E-state index in [9.17, 15) is 0 Å². The van der Waals surface area contributed by atoms with Gasteiger partial charge in [0.05, 0.1) is 6.04 Å². The van der Waals surface area contributed by atoms with Crippen LogP contribution in [0.5, 0.6) is 0 Å². The van der Waals surface area contributed by atoms with Crippen molar-refractivity contribution in [2.75, 3.05) is 0 Å². The lowest BCUT2D eigenvalue weighted by molar-refractivity contribution is 0.314. The van der Waals surface area contributed by atoms with Gasteiger partial charge in [-0.15, -0.1) is 0 Å². The lowest BCUT2D eigenvalue weighted by atomic mass is 10.2. The van der Waals surface area contributed by atoms with Gasteiger partial charge in [-0.1, -0.05) is 5.16 Å². The third-order valence-corrected chi connectivity index (χ3v) is 2.40. The Kier molecular flexibility index (Phi) is 2.92. The van der Waals surface area contributed by atoms with E-state index in [2.05, 4.69) is 17.4 Å². The van der Waals surface area contributed by atoms with Gasteiger partial charge < -0.3 is 16.3 Å². The Morgan fingerprint density at radius 3 is 2.58 bits per heavy atom. The fraction of sp³-hybridized carbons (Fsp3) is 0.875. The van der Waals surface area contributed by atoms with Gasteiger partial charge in [0.25, 0.3) is 0 Å². The second kappa shape index (κ2) is 3.76. The van der Waals surface area contributed by atoms with Crippen LogP contribution in [0.4, 0.5) is 0 Å². The summed E-state index contributed by atoms with van der Waals surface area (Å²) in [5.41, 5.74) is 5.42. The first-order valence-electron chi connectivity index (χ1n) is 4.38. The first-order chi connectivity index (χ1) is 5.65. The van der Waals surface area contributed by atoms with Crippen molar-refractivity contribution in [3.63, 3.8) is 0 Å². The lowest BCUT2D eigenvalue weighted by Gasteiger charge is -2.18. The Morgan fingerprint density at radius 1 is 1.58 bits per heavy atom. The molecule has 1 fully saturated rings. The normalized spacial score (nSPS) is 23.7. The van der Waals surface area contributed by atoms with Gasteiger partial charge in [-0.2, -0.15) is 0 Å². The number of rotatable bonds is 4. The molecule has 0 aromatic carbocycles. The summed E-state index contributed by atoms with van der Waals surface area (Å²) in [4.78, 5) is 0. The first-order valence-corrected chi connectivity index (χ1v) is 4.38. The molecule has 4 nitrogen and oxygen atoms in total. The van der Waals surface area contributed by atoms with Crippen molar-refractivity contribution in [1.82, 2.24) is 5.32 Å². The molecule has 1 aliphatic carbocycles. The predicted octanol–water partition coefficient (Wildman–Crippen LogP) is 0.509. The molecule has 70 valence electrons. The number of nitrogens with two attached hydrogens (primary N) is 1. The van der Waals surface area contributed by atoms with E-state index in [1.165, 1.54) is 12.8 Å². The maximum Gasteiger partial charge on any atom is 0.156 e. The van der Waals surface area contributed by atoms with Gasteiger partial charge in [0, 0.05) is 6.04 Å². The largest absolute Gasteiger partial charge is 0.409 e. The Labute approximate surface area is 72.8 Å². The molecular weight excluding hydrogens is 154 g/mol. The second-order valence-electron chi connectivity index (χ2n) is 3.54. The summed E-state index contributed by atoms with van der Waals surface area (Å²) >= 11 is 0. The molecule has 0 amide bonds. The quantitative estimate of drug-likeness (QED) is 0.250. The molecule has 2 atom stereocenters. The van der Waals surface area contributed by atoms with Crippen LogP contribution in [0, 0.1) is 5.92 Å². The van der Waals surface area contributed by atoms with E-state index in [4.69, 9.17) is 10.9 Å². The van der Waals surface area contributed by atoms with Crippen LogP contribution in [0.1, 0.15) is 26.7 Å². The van der Waals surface area contributed by atoms with Crippen LogP contribution >= 0.6 is 0 Å². The molecule has 4 N–H and O–H groups in total. The van der Waals surface area contributed by atoms with E-state index in [0.717, 1.165) is 5.92 Å². The molecule has 1 rings (SSSR count). The van der Waals surface area contributed by atoms with E-state index in [0.29, 0.717) is 6.04 Å². The van der Waals surface area contributed by atoms with Crippen molar-refractivity contribution in [3.05, 3.63) is 0 Å². The fourth-order valence-corrected chi connectivity index (χ4v) is 1.30. The number of amidine groups is 1. The van der Waals surface area contributed by atoms with Crippen molar-refractivity contribution in [2.45, 2.75) is 38.8 Å². The zero-order chi connectivity index (χ0) is 9.14. The minimum absolute atomic E-state index is 0.0365. The van der Waals surface area contributed by atoms with Crippen LogP contribution in [0.2, 0.25) is 0 Å². The van der Waals surface area contributed by atoms with Gasteiger partial charge in [-0.05, 0) is 32.6 Å². The van der Waals surface area contributed by atoms with Crippen molar-refractivity contribution < 1.29 is 5.21 Å². The highest BCUT2D eigenvalue weighted by Crippen LogP contribution is 2.32. The monoisotopic (exact) mass is 171 g/mol.